The average molecular weight is 386 g/mol. The van der Waals surface area contributed by atoms with Crippen molar-refractivity contribution in [1.82, 2.24) is 20.0 Å². The molecule has 1 atom stereocenters. The minimum Gasteiger partial charge on any atom is -0.471 e. The highest BCUT2D eigenvalue weighted by atomic mass is 19.1. The van der Waals surface area contributed by atoms with E-state index in [1.165, 1.54) is 39.9 Å². The third-order valence-electron chi connectivity index (χ3n) is 3.78. The number of aromatic nitrogens is 2. The Morgan fingerprint density at radius 1 is 1.25 bits per heavy atom. The lowest BCUT2D eigenvalue weighted by Crippen LogP contribution is -2.47. The number of rotatable bonds is 10. The number of amides is 2. The van der Waals surface area contributed by atoms with Crippen LogP contribution in [0.25, 0.3) is 0 Å². The topological polar surface area (TPSA) is 76.5 Å². The van der Waals surface area contributed by atoms with Gasteiger partial charge in [-0.3, -0.25) is 9.59 Å². The Morgan fingerprint density at radius 2 is 1.89 bits per heavy atom. The molecular formula is C20H23FN4O3. The molecule has 0 aliphatic carbocycles. The highest BCUT2D eigenvalue weighted by molar-refractivity contribution is 5.95. The lowest BCUT2D eigenvalue weighted by molar-refractivity contribution is -0.131. The molecule has 1 unspecified atom stereocenters. The van der Waals surface area contributed by atoms with Crippen LogP contribution in [0.3, 0.4) is 0 Å². The van der Waals surface area contributed by atoms with Gasteiger partial charge in [0, 0.05) is 19.3 Å². The van der Waals surface area contributed by atoms with E-state index in [1.54, 1.807) is 25.3 Å². The molecular weight excluding hydrogens is 363 g/mol. The molecule has 0 saturated carbocycles. The van der Waals surface area contributed by atoms with E-state index in [2.05, 4.69) is 23.6 Å². The van der Waals surface area contributed by atoms with Crippen molar-refractivity contribution in [2.24, 2.45) is 0 Å². The smallest absolute Gasteiger partial charge is 0.272 e. The summed E-state index contributed by atoms with van der Waals surface area (Å²) in [6.45, 7) is 9.62. The number of benzene rings is 1. The number of hydrogen-bond donors (Lipinski definition) is 1. The van der Waals surface area contributed by atoms with E-state index in [9.17, 15) is 14.0 Å². The summed E-state index contributed by atoms with van der Waals surface area (Å²) in [5.41, 5.74) is 0.154. The second-order valence-corrected chi connectivity index (χ2v) is 5.98. The number of halogens is 1. The minimum atomic E-state index is -0.729. The number of carbonyl (C=O) groups excluding carboxylic acids is 2. The molecule has 0 fully saturated rings. The van der Waals surface area contributed by atoms with Crippen LogP contribution >= 0.6 is 0 Å². The summed E-state index contributed by atoms with van der Waals surface area (Å²) in [6.07, 6.45) is 4.80. The van der Waals surface area contributed by atoms with Crippen molar-refractivity contribution in [2.45, 2.75) is 19.7 Å². The van der Waals surface area contributed by atoms with Crippen molar-refractivity contribution in [3.63, 3.8) is 0 Å². The van der Waals surface area contributed by atoms with Crippen LogP contribution in [0, 0.1) is 5.82 Å². The Hall–Kier alpha value is -3.42. The third kappa shape index (κ3) is 5.80. The lowest BCUT2D eigenvalue weighted by atomic mass is 10.2. The van der Waals surface area contributed by atoms with Gasteiger partial charge < -0.3 is 15.0 Å². The van der Waals surface area contributed by atoms with Crippen molar-refractivity contribution in [3.8, 4) is 5.75 Å². The highest BCUT2D eigenvalue weighted by Gasteiger charge is 2.22. The van der Waals surface area contributed by atoms with Crippen molar-refractivity contribution < 1.29 is 18.7 Å². The highest BCUT2D eigenvalue weighted by Crippen LogP contribution is 2.11. The number of hydrogen-bond acceptors (Lipinski definition) is 4. The zero-order valence-corrected chi connectivity index (χ0v) is 15.7. The van der Waals surface area contributed by atoms with Crippen LogP contribution in [0.1, 0.15) is 17.4 Å². The van der Waals surface area contributed by atoms with Gasteiger partial charge in [-0.05, 0) is 37.3 Å². The largest absolute Gasteiger partial charge is 0.471 e. The Balaban J connectivity index is 1.91. The van der Waals surface area contributed by atoms with Gasteiger partial charge in [-0.2, -0.15) is 5.10 Å². The molecule has 7 nitrogen and oxygen atoms in total. The van der Waals surface area contributed by atoms with E-state index < -0.39 is 11.9 Å². The van der Waals surface area contributed by atoms with Gasteiger partial charge in [-0.1, -0.05) is 12.2 Å². The monoisotopic (exact) mass is 386 g/mol. The van der Waals surface area contributed by atoms with Gasteiger partial charge in [0.25, 0.3) is 5.91 Å². The molecule has 1 aromatic carbocycles. The quantitative estimate of drug-likeness (QED) is 0.636. The summed E-state index contributed by atoms with van der Waals surface area (Å²) in [4.78, 5) is 26.3. The maximum Gasteiger partial charge on any atom is 0.272 e. The second-order valence-electron chi connectivity index (χ2n) is 5.98. The molecule has 28 heavy (non-hydrogen) atoms. The molecule has 2 aromatic rings. The van der Waals surface area contributed by atoms with Crippen LogP contribution in [-0.4, -0.2) is 45.6 Å². The van der Waals surface area contributed by atoms with Crippen LogP contribution in [0.2, 0.25) is 0 Å². The van der Waals surface area contributed by atoms with Crippen LogP contribution in [-0.2, 0) is 11.5 Å². The SMILES string of the molecule is C=CCN(CC=C)C(=O)C(C)NC(=O)c1ccn(COc2ccc(F)cc2)n1. The van der Waals surface area contributed by atoms with E-state index in [0.29, 0.717) is 18.8 Å². The molecule has 0 aliphatic heterocycles. The first kappa shape index (κ1) is 20.9. The third-order valence-corrected chi connectivity index (χ3v) is 3.78. The zero-order chi connectivity index (χ0) is 20.5. The number of nitrogens with zero attached hydrogens (tertiary/aromatic N) is 3. The Bertz CT molecular complexity index is 822. The van der Waals surface area contributed by atoms with E-state index in [0.717, 1.165) is 0 Å². The number of ether oxygens (including phenoxy) is 1. The molecule has 0 aliphatic rings. The maximum absolute atomic E-state index is 12.9. The van der Waals surface area contributed by atoms with Gasteiger partial charge in [-0.25, -0.2) is 9.07 Å². The Morgan fingerprint density at radius 3 is 2.50 bits per heavy atom. The standard InChI is InChI=1S/C20H23FN4O3/c1-4-11-24(12-5-2)20(27)15(3)22-19(26)18-10-13-25(23-18)14-28-17-8-6-16(21)7-9-17/h4-10,13,15H,1-2,11-12,14H2,3H3,(H,22,26). The van der Waals surface area contributed by atoms with Gasteiger partial charge >= 0.3 is 0 Å². The van der Waals surface area contributed by atoms with Crippen molar-refractivity contribution in [3.05, 3.63) is 73.3 Å². The molecule has 2 amide bonds. The molecule has 8 heteroatoms. The molecule has 0 saturated heterocycles. The first-order chi connectivity index (χ1) is 13.4. The first-order valence-electron chi connectivity index (χ1n) is 8.68. The number of nitrogens with one attached hydrogen (secondary N) is 1. The molecule has 1 aromatic heterocycles. The molecule has 1 heterocycles. The summed E-state index contributed by atoms with van der Waals surface area (Å²) in [5, 5.41) is 6.75. The summed E-state index contributed by atoms with van der Waals surface area (Å²) in [6, 6.07) is 6.37. The molecule has 0 bridgehead atoms. The molecule has 1 N–H and O–H groups in total. The van der Waals surface area contributed by atoms with Crippen molar-refractivity contribution >= 4 is 11.8 Å². The fourth-order valence-electron chi connectivity index (χ4n) is 2.40. The second kappa shape index (κ2) is 10.1. The van der Waals surface area contributed by atoms with E-state index in [4.69, 9.17) is 4.74 Å². The Kier molecular flexibility index (Phi) is 7.50. The predicted octanol–water partition coefficient (Wildman–Crippen LogP) is 2.38. The van der Waals surface area contributed by atoms with Gasteiger partial charge in [0.05, 0.1) is 0 Å². The summed E-state index contributed by atoms with van der Waals surface area (Å²) < 4.78 is 19.8. The van der Waals surface area contributed by atoms with Crippen LogP contribution in [0.15, 0.2) is 61.8 Å². The zero-order valence-electron chi connectivity index (χ0n) is 15.7. The van der Waals surface area contributed by atoms with Crippen LogP contribution in [0.4, 0.5) is 4.39 Å². The van der Waals surface area contributed by atoms with E-state index in [-0.39, 0.29) is 24.1 Å². The van der Waals surface area contributed by atoms with Crippen LogP contribution < -0.4 is 10.1 Å². The van der Waals surface area contributed by atoms with Gasteiger partial charge in [-0.15, -0.1) is 13.2 Å². The minimum absolute atomic E-state index is 0.0554. The van der Waals surface area contributed by atoms with Crippen LogP contribution in [0.5, 0.6) is 5.75 Å². The summed E-state index contributed by atoms with van der Waals surface area (Å²) in [7, 11) is 0. The molecule has 0 radical (unpaired) electrons. The fraction of sp³-hybridized carbons (Fsp3) is 0.250. The maximum atomic E-state index is 12.9. The molecule has 0 spiro atoms. The average Bonchev–Trinajstić information content (AvgIpc) is 3.16. The first-order valence-corrected chi connectivity index (χ1v) is 8.68. The van der Waals surface area contributed by atoms with Gasteiger partial charge in [0.15, 0.2) is 6.73 Å². The normalized spacial score (nSPS) is 11.4. The van der Waals surface area contributed by atoms with E-state index in [1.807, 2.05) is 0 Å². The van der Waals surface area contributed by atoms with Gasteiger partial charge in [0.2, 0.25) is 5.91 Å². The van der Waals surface area contributed by atoms with Crippen molar-refractivity contribution in [2.75, 3.05) is 13.1 Å². The molecule has 2 rings (SSSR count). The van der Waals surface area contributed by atoms with E-state index >= 15 is 0 Å². The van der Waals surface area contributed by atoms with Gasteiger partial charge in [0.1, 0.15) is 23.3 Å². The number of carbonyl (C=O) groups is 2. The predicted molar refractivity (Wildman–Crippen MR) is 103 cm³/mol. The lowest BCUT2D eigenvalue weighted by Gasteiger charge is -2.23. The fourth-order valence-corrected chi connectivity index (χ4v) is 2.40. The summed E-state index contributed by atoms with van der Waals surface area (Å²) >= 11 is 0. The Labute approximate surface area is 163 Å². The molecule has 148 valence electrons. The van der Waals surface area contributed by atoms with Crippen molar-refractivity contribution in [1.29, 1.82) is 0 Å². The summed E-state index contributed by atoms with van der Waals surface area (Å²) in [5.74, 6) is -0.591.